The van der Waals surface area contributed by atoms with E-state index in [-0.39, 0.29) is 42.0 Å². The molecule has 1 aliphatic heterocycles. The second-order valence-corrected chi connectivity index (χ2v) is 8.79. The van der Waals surface area contributed by atoms with Crippen LogP contribution < -0.4 is 44.1 Å². The molecule has 1 aliphatic rings. The molecule has 0 spiro atoms. The summed E-state index contributed by atoms with van der Waals surface area (Å²) in [5, 5.41) is 10.6. The van der Waals surface area contributed by atoms with E-state index in [4.69, 9.17) is 14.2 Å². The van der Waals surface area contributed by atoms with Crippen molar-refractivity contribution < 1.29 is 58.1 Å². The number of carboxylic acid groups (broad SMARTS) is 1. The summed E-state index contributed by atoms with van der Waals surface area (Å²) in [5.74, 6) is 5.95. The molecule has 0 atom stereocenters. The molecule has 3 aromatic rings. The molecular weight excluding hydrogens is 508 g/mol. The minimum atomic E-state index is -1.28. The zero-order valence-corrected chi connectivity index (χ0v) is 24.2. The Morgan fingerprint density at radius 2 is 1.69 bits per heavy atom. The van der Waals surface area contributed by atoms with Crippen molar-refractivity contribution in [1.29, 1.82) is 0 Å². The van der Waals surface area contributed by atoms with Gasteiger partial charge in [0.15, 0.2) is 0 Å². The van der Waals surface area contributed by atoms with Gasteiger partial charge in [0.1, 0.15) is 30.5 Å². The minimum Gasteiger partial charge on any atom is -0.546 e. The Kier molecular flexibility index (Phi) is 12.1. The van der Waals surface area contributed by atoms with Crippen molar-refractivity contribution in [2.45, 2.75) is 6.92 Å². The van der Waals surface area contributed by atoms with E-state index in [1.807, 2.05) is 37.3 Å². The molecule has 0 aromatic heterocycles. The number of ether oxygens (including phenoxy) is 3. The molecule has 39 heavy (non-hydrogen) atoms. The fraction of sp³-hybridized carbons (Fsp3) is 0.258. The van der Waals surface area contributed by atoms with E-state index < -0.39 is 12.6 Å². The molecule has 0 saturated carbocycles. The first kappa shape index (κ1) is 30.4. The Hall–Kier alpha value is -3.12. The van der Waals surface area contributed by atoms with Gasteiger partial charge in [0.25, 0.3) is 0 Å². The van der Waals surface area contributed by atoms with Crippen LogP contribution in [0.5, 0.6) is 11.5 Å². The number of nitrogens with zero attached hydrogens (tertiary/aromatic N) is 1. The molecule has 1 saturated heterocycles. The molecule has 0 amide bonds. The SMILES string of the molecule is Cc1cc(OCC=C(c2ccc(F)cc2)c2ccc(C#CCN3CCOCC3)cc2)ccc1OCC(=O)[O-].[Na+]. The summed E-state index contributed by atoms with van der Waals surface area (Å²) in [4.78, 5) is 12.9. The first-order valence-corrected chi connectivity index (χ1v) is 12.4. The van der Waals surface area contributed by atoms with E-state index in [9.17, 15) is 14.3 Å². The second-order valence-electron chi connectivity index (χ2n) is 8.79. The summed E-state index contributed by atoms with van der Waals surface area (Å²) >= 11 is 0. The first-order valence-electron chi connectivity index (χ1n) is 12.4. The number of carbonyl (C=O) groups excluding carboxylic acids is 1. The number of hydrogen-bond acceptors (Lipinski definition) is 6. The van der Waals surface area contributed by atoms with E-state index in [0.29, 0.717) is 18.0 Å². The van der Waals surface area contributed by atoms with Crippen molar-refractivity contribution in [3.8, 4) is 23.3 Å². The molecule has 1 heterocycles. The summed E-state index contributed by atoms with van der Waals surface area (Å²) in [5.41, 5.74) is 4.40. The Morgan fingerprint density at radius 3 is 2.33 bits per heavy atom. The maximum absolute atomic E-state index is 13.6. The van der Waals surface area contributed by atoms with E-state index in [2.05, 4.69) is 16.7 Å². The summed E-state index contributed by atoms with van der Waals surface area (Å²) in [7, 11) is 0. The van der Waals surface area contributed by atoms with Gasteiger partial charge < -0.3 is 24.1 Å². The van der Waals surface area contributed by atoms with Gasteiger partial charge in [0, 0.05) is 18.7 Å². The third-order valence-electron chi connectivity index (χ3n) is 6.02. The fourth-order valence-corrected chi connectivity index (χ4v) is 4.01. The predicted molar refractivity (Wildman–Crippen MR) is 141 cm³/mol. The van der Waals surface area contributed by atoms with Gasteiger partial charge in [-0.05, 0) is 77.7 Å². The van der Waals surface area contributed by atoms with Crippen LogP contribution in [-0.4, -0.2) is 56.9 Å². The molecule has 0 radical (unpaired) electrons. The number of halogens is 1. The third-order valence-corrected chi connectivity index (χ3v) is 6.02. The van der Waals surface area contributed by atoms with Crippen molar-refractivity contribution >= 4 is 11.5 Å². The molecule has 0 N–H and O–H groups in total. The smallest absolute Gasteiger partial charge is 0.546 e. The molecule has 0 bridgehead atoms. The van der Waals surface area contributed by atoms with Crippen LogP contribution in [-0.2, 0) is 9.53 Å². The van der Waals surface area contributed by atoms with E-state index in [1.165, 1.54) is 12.1 Å². The molecule has 196 valence electrons. The maximum atomic E-state index is 13.6. The number of aliphatic carboxylic acids is 1. The van der Waals surface area contributed by atoms with Crippen LogP contribution in [0.1, 0.15) is 22.3 Å². The topological polar surface area (TPSA) is 71.1 Å². The van der Waals surface area contributed by atoms with E-state index in [1.54, 1.807) is 30.3 Å². The largest absolute Gasteiger partial charge is 1.00 e. The van der Waals surface area contributed by atoms with Gasteiger partial charge in [-0.3, -0.25) is 4.90 Å². The summed E-state index contributed by atoms with van der Waals surface area (Å²) in [6, 6.07) is 19.5. The van der Waals surface area contributed by atoms with E-state index >= 15 is 0 Å². The zero-order chi connectivity index (χ0) is 26.7. The molecule has 0 unspecified atom stereocenters. The molecular formula is C31H29FNNaO5. The van der Waals surface area contributed by atoms with Crippen molar-refractivity contribution in [2.75, 3.05) is 46.1 Å². The average molecular weight is 538 g/mol. The monoisotopic (exact) mass is 537 g/mol. The fourth-order valence-electron chi connectivity index (χ4n) is 4.01. The van der Waals surface area contributed by atoms with Crippen LogP contribution in [0.4, 0.5) is 4.39 Å². The number of hydrogen-bond donors (Lipinski definition) is 0. The van der Waals surface area contributed by atoms with Crippen LogP contribution in [0.2, 0.25) is 0 Å². The normalized spacial score (nSPS) is 13.5. The van der Waals surface area contributed by atoms with Crippen LogP contribution >= 0.6 is 0 Å². The second kappa shape index (κ2) is 15.5. The van der Waals surface area contributed by atoms with Crippen LogP contribution in [0, 0.1) is 24.6 Å². The van der Waals surface area contributed by atoms with Crippen LogP contribution in [0.25, 0.3) is 5.57 Å². The van der Waals surface area contributed by atoms with Gasteiger partial charge in [-0.15, -0.1) is 0 Å². The number of rotatable bonds is 9. The number of aryl methyl sites for hydroxylation is 1. The van der Waals surface area contributed by atoms with Crippen LogP contribution in [0.3, 0.4) is 0 Å². The van der Waals surface area contributed by atoms with E-state index in [0.717, 1.165) is 54.1 Å². The molecule has 1 fully saturated rings. The van der Waals surface area contributed by atoms with Gasteiger partial charge in [-0.25, -0.2) is 4.39 Å². The number of morpholine rings is 1. The molecule has 6 nitrogen and oxygen atoms in total. The molecule has 3 aromatic carbocycles. The van der Waals surface area contributed by atoms with Gasteiger partial charge >= 0.3 is 29.6 Å². The minimum absolute atomic E-state index is 0. The predicted octanol–water partition coefficient (Wildman–Crippen LogP) is 0.461. The molecule has 4 rings (SSSR count). The van der Waals surface area contributed by atoms with Gasteiger partial charge in [0.05, 0.1) is 25.7 Å². The summed E-state index contributed by atoms with van der Waals surface area (Å²) in [6.07, 6.45) is 1.95. The van der Waals surface area contributed by atoms with Crippen molar-refractivity contribution in [2.24, 2.45) is 0 Å². The average Bonchev–Trinajstić information content (AvgIpc) is 2.92. The number of carbonyl (C=O) groups is 1. The van der Waals surface area contributed by atoms with Crippen LogP contribution in [0.15, 0.2) is 72.8 Å². The van der Waals surface area contributed by atoms with Crippen molar-refractivity contribution in [1.82, 2.24) is 4.90 Å². The standard InChI is InChI=1S/C31H30FNO5.Na/c1-23-21-28(12-13-30(23)38-22-31(34)35)37-18-14-29(26-8-10-27(32)11-9-26)25-6-4-24(5-7-25)3-2-15-33-16-19-36-20-17-33;/h4-14,21H,15-20,22H2,1H3,(H,34,35);/q;+1/p-1. The number of benzene rings is 3. The summed E-state index contributed by atoms with van der Waals surface area (Å²) in [6.45, 7) is 5.60. The molecule has 8 heteroatoms. The third kappa shape index (κ3) is 9.54. The Bertz CT molecular complexity index is 1320. The maximum Gasteiger partial charge on any atom is 1.00 e. The van der Waals surface area contributed by atoms with Crippen molar-refractivity contribution in [3.63, 3.8) is 0 Å². The zero-order valence-electron chi connectivity index (χ0n) is 22.2. The van der Waals surface area contributed by atoms with Gasteiger partial charge in [-0.1, -0.05) is 36.1 Å². The van der Waals surface area contributed by atoms with Gasteiger partial charge in [0.2, 0.25) is 0 Å². The summed E-state index contributed by atoms with van der Waals surface area (Å²) < 4.78 is 30.1. The molecule has 0 aliphatic carbocycles. The van der Waals surface area contributed by atoms with Gasteiger partial charge in [-0.2, -0.15) is 0 Å². The quantitative estimate of drug-likeness (QED) is 0.292. The Labute approximate surface area is 250 Å². The first-order chi connectivity index (χ1) is 18.5. The van der Waals surface area contributed by atoms with Crippen molar-refractivity contribution in [3.05, 3.63) is 101 Å². The number of carboxylic acids is 1. The Morgan fingerprint density at radius 1 is 1.03 bits per heavy atom. The Balaban J connectivity index is 0.00000420.